The Kier molecular flexibility index (Phi) is 3.68. The number of likely N-dealkylation sites (tertiary alicyclic amines) is 1. The highest BCUT2D eigenvalue weighted by Crippen LogP contribution is 2.22. The van der Waals surface area contributed by atoms with E-state index in [-0.39, 0.29) is 5.82 Å². The lowest BCUT2D eigenvalue weighted by Crippen LogP contribution is -2.35. The smallest absolute Gasteiger partial charge is 0.123 e. The van der Waals surface area contributed by atoms with Gasteiger partial charge in [-0.25, -0.2) is 9.07 Å². The summed E-state index contributed by atoms with van der Waals surface area (Å²) in [5.41, 5.74) is 2.07. The van der Waals surface area contributed by atoms with E-state index in [4.69, 9.17) is 0 Å². The lowest BCUT2D eigenvalue weighted by molar-refractivity contribution is 0.246. The molecule has 2 aromatic rings. The summed E-state index contributed by atoms with van der Waals surface area (Å²) in [6, 6.07) is 9.91. The van der Waals surface area contributed by atoms with Crippen molar-refractivity contribution in [3.8, 4) is 5.69 Å². The fourth-order valence-electron chi connectivity index (χ4n) is 3.65. The Morgan fingerprint density at radius 1 is 1.09 bits per heavy atom. The minimum absolute atomic E-state index is 0.216. The highest BCUT2D eigenvalue weighted by atomic mass is 19.1. The standard InChI is InChI=1S/C17H21FN4/c18-13-1-5-16(6-2-13)22-17(7-9-19-22)12-21-10-8-14-3-4-15(11-21)20-14/h1-2,5-7,9,14-15,20H,3-4,8,10-12H2. The Labute approximate surface area is 129 Å². The van der Waals surface area contributed by atoms with Crippen molar-refractivity contribution in [2.45, 2.75) is 37.9 Å². The van der Waals surface area contributed by atoms with Gasteiger partial charge in [0.1, 0.15) is 5.82 Å². The molecule has 2 aliphatic heterocycles. The molecule has 5 heteroatoms. The molecular weight excluding hydrogens is 279 g/mol. The molecule has 2 aliphatic rings. The van der Waals surface area contributed by atoms with Crippen LogP contribution in [0.25, 0.3) is 5.69 Å². The first-order chi connectivity index (χ1) is 10.8. The molecule has 0 saturated carbocycles. The lowest BCUT2D eigenvalue weighted by Gasteiger charge is -2.24. The first-order valence-electron chi connectivity index (χ1n) is 8.05. The van der Waals surface area contributed by atoms with Crippen LogP contribution >= 0.6 is 0 Å². The average Bonchev–Trinajstić information content (AvgIpc) is 3.09. The Morgan fingerprint density at radius 3 is 2.77 bits per heavy atom. The van der Waals surface area contributed by atoms with E-state index in [9.17, 15) is 4.39 Å². The maximum absolute atomic E-state index is 13.1. The molecule has 22 heavy (non-hydrogen) atoms. The van der Waals surface area contributed by atoms with Crippen molar-refractivity contribution in [1.82, 2.24) is 20.0 Å². The molecule has 1 aromatic carbocycles. The molecule has 116 valence electrons. The van der Waals surface area contributed by atoms with E-state index >= 15 is 0 Å². The highest BCUT2D eigenvalue weighted by molar-refractivity contribution is 5.32. The van der Waals surface area contributed by atoms with Crippen molar-refractivity contribution < 1.29 is 4.39 Å². The van der Waals surface area contributed by atoms with E-state index in [1.807, 2.05) is 10.9 Å². The lowest BCUT2D eigenvalue weighted by atomic mass is 10.1. The summed E-state index contributed by atoms with van der Waals surface area (Å²) in [5, 5.41) is 8.11. The molecule has 4 nitrogen and oxygen atoms in total. The van der Waals surface area contributed by atoms with Crippen molar-refractivity contribution in [3.05, 3.63) is 48.0 Å². The van der Waals surface area contributed by atoms with Gasteiger partial charge in [-0.05, 0) is 49.6 Å². The van der Waals surface area contributed by atoms with Crippen LogP contribution in [0.1, 0.15) is 25.0 Å². The first-order valence-corrected chi connectivity index (χ1v) is 8.05. The Morgan fingerprint density at radius 2 is 1.91 bits per heavy atom. The fraction of sp³-hybridized carbons (Fsp3) is 0.471. The van der Waals surface area contributed by atoms with Gasteiger partial charge in [-0.15, -0.1) is 0 Å². The van der Waals surface area contributed by atoms with Gasteiger partial charge in [-0.1, -0.05) is 0 Å². The zero-order chi connectivity index (χ0) is 14.9. The van der Waals surface area contributed by atoms with Crippen LogP contribution in [0, 0.1) is 5.82 Å². The molecular formula is C17H21FN4. The van der Waals surface area contributed by atoms with E-state index in [0.29, 0.717) is 12.1 Å². The number of rotatable bonds is 3. The van der Waals surface area contributed by atoms with E-state index in [1.54, 1.807) is 12.1 Å². The molecule has 2 unspecified atom stereocenters. The van der Waals surface area contributed by atoms with Gasteiger partial charge in [-0.2, -0.15) is 5.10 Å². The van der Waals surface area contributed by atoms with Crippen LogP contribution in [0.5, 0.6) is 0 Å². The van der Waals surface area contributed by atoms with Crippen LogP contribution in [-0.2, 0) is 6.54 Å². The quantitative estimate of drug-likeness (QED) is 0.944. The van der Waals surface area contributed by atoms with Crippen LogP contribution in [-0.4, -0.2) is 39.9 Å². The maximum Gasteiger partial charge on any atom is 0.123 e. The largest absolute Gasteiger partial charge is 0.310 e. The number of nitrogens with one attached hydrogen (secondary N) is 1. The van der Waals surface area contributed by atoms with Crippen LogP contribution in [0.2, 0.25) is 0 Å². The van der Waals surface area contributed by atoms with Crippen LogP contribution in [0.3, 0.4) is 0 Å². The van der Waals surface area contributed by atoms with Gasteiger partial charge in [0, 0.05) is 37.9 Å². The van der Waals surface area contributed by atoms with Crippen molar-refractivity contribution >= 4 is 0 Å². The molecule has 2 fully saturated rings. The average molecular weight is 300 g/mol. The first kappa shape index (κ1) is 13.9. The third-order valence-electron chi connectivity index (χ3n) is 4.79. The monoisotopic (exact) mass is 300 g/mol. The third-order valence-corrected chi connectivity index (χ3v) is 4.79. The van der Waals surface area contributed by atoms with Crippen LogP contribution in [0.15, 0.2) is 36.5 Å². The number of fused-ring (bicyclic) bond motifs is 2. The number of halogens is 1. The Bertz CT molecular complexity index is 636. The van der Waals surface area contributed by atoms with Gasteiger partial charge in [0.15, 0.2) is 0 Å². The molecule has 1 N–H and O–H groups in total. The Hall–Kier alpha value is -1.72. The summed E-state index contributed by atoms with van der Waals surface area (Å²) in [6.07, 6.45) is 5.66. The SMILES string of the molecule is Fc1ccc(-n2nccc2CN2CCC3CCC(C2)N3)cc1. The predicted molar refractivity (Wildman–Crippen MR) is 83.4 cm³/mol. The van der Waals surface area contributed by atoms with Crippen molar-refractivity contribution in [1.29, 1.82) is 0 Å². The zero-order valence-electron chi connectivity index (χ0n) is 12.6. The molecule has 1 aromatic heterocycles. The number of hydrogen-bond acceptors (Lipinski definition) is 3. The summed E-state index contributed by atoms with van der Waals surface area (Å²) < 4.78 is 15.0. The van der Waals surface area contributed by atoms with E-state index in [0.717, 1.165) is 31.0 Å². The van der Waals surface area contributed by atoms with Crippen LogP contribution < -0.4 is 5.32 Å². The minimum atomic E-state index is -0.216. The van der Waals surface area contributed by atoms with Crippen molar-refractivity contribution in [2.75, 3.05) is 13.1 Å². The van der Waals surface area contributed by atoms with Gasteiger partial charge >= 0.3 is 0 Å². The fourth-order valence-corrected chi connectivity index (χ4v) is 3.65. The second-order valence-corrected chi connectivity index (χ2v) is 6.37. The molecule has 0 spiro atoms. The molecule has 2 bridgehead atoms. The number of hydrogen-bond donors (Lipinski definition) is 1. The number of benzene rings is 1. The number of nitrogens with zero attached hydrogens (tertiary/aromatic N) is 3. The molecule has 0 radical (unpaired) electrons. The second-order valence-electron chi connectivity index (χ2n) is 6.37. The Balaban J connectivity index is 1.51. The summed E-state index contributed by atoms with van der Waals surface area (Å²) >= 11 is 0. The second kappa shape index (κ2) is 5.82. The normalized spacial score (nSPS) is 25.3. The topological polar surface area (TPSA) is 33.1 Å². The van der Waals surface area contributed by atoms with E-state index < -0.39 is 0 Å². The summed E-state index contributed by atoms with van der Waals surface area (Å²) in [6.45, 7) is 3.12. The summed E-state index contributed by atoms with van der Waals surface area (Å²) in [4.78, 5) is 2.51. The molecule has 0 amide bonds. The predicted octanol–water partition coefficient (Wildman–Crippen LogP) is 2.34. The van der Waals surface area contributed by atoms with Gasteiger partial charge in [0.2, 0.25) is 0 Å². The maximum atomic E-state index is 13.1. The minimum Gasteiger partial charge on any atom is -0.310 e. The van der Waals surface area contributed by atoms with Crippen LogP contribution in [0.4, 0.5) is 4.39 Å². The van der Waals surface area contributed by atoms with Gasteiger partial charge in [-0.3, -0.25) is 4.90 Å². The molecule has 0 aliphatic carbocycles. The van der Waals surface area contributed by atoms with Gasteiger partial charge in [0.05, 0.1) is 11.4 Å². The zero-order valence-corrected chi connectivity index (χ0v) is 12.6. The van der Waals surface area contributed by atoms with Gasteiger partial charge in [0.25, 0.3) is 0 Å². The molecule has 2 atom stereocenters. The molecule has 4 rings (SSSR count). The summed E-state index contributed by atoms with van der Waals surface area (Å²) in [7, 11) is 0. The summed E-state index contributed by atoms with van der Waals surface area (Å²) in [5.74, 6) is -0.216. The molecule has 3 heterocycles. The third kappa shape index (κ3) is 2.78. The van der Waals surface area contributed by atoms with E-state index in [1.165, 1.54) is 31.4 Å². The van der Waals surface area contributed by atoms with Crippen molar-refractivity contribution in [2.24, 2.45) is 0 Å². The van der Waals surface area contributed by atoms with E-state index in [2.05, 4.69) is 21.4 Å². The highest BCUT2D eigenvalue weighted by Gasteiger charge is 2.29. The van der Waals surface area contributed by atoms with Crippen molar-refractivity contribution in [3.63, 3.8) is 0 Å². The number of aromatic nitrogens is 2. The molecule has 2 saturated heterocycles. The van der Waals surface area contributed by atoms with Gasteiger partial charge < -0.3 is 5.32 Å².